The molecule has 8 aromatic rings. The number of halogens is 1. The molecular weight excluding hydrogens is 682 g/mol. The lowest BCUT2D eigenvalue weighted by Crippen LogP contribution is -2.28. The molecule has 0 heterocycles. The summed E-state index contributed by atoms with van der Waals surface area (Å²) in [5.41, 5.74) is 16.6. The first-order valence-electron chi connectivity index (χ1n) is 17.4. The molecule has 2 heteroatoms. The minimum absolute atomic E-state index is 0.515. The van der Waals surface area contributed by atoms with Crippen LogP contribution >= 0.6 is 15.9 Å². The Balaban J connectivity index is 1.20. The maximum atomic E-state index is 3.52. The Morgan fingerprint density at radius 2 is 0.706 bits per heavy atom. The van der Waals surface area contributed by atoms with Gasteiger partial charge in [0.2, 0.25) is 0 Å². The fraction of sp³-hybridized carbons (Fsp3) is 0.0204. The molecule has 0 atom stereocenters. The van der Waals surface area contributed by atoms with Crippen LogP contribution in [0.15, 0.2) is 205 Å². The van der Waals surface area contributed by atoms with Gasteiger partial charge in [-0.1, -0.05) is 168 Å². The quantitative estimate of drug-likeness (QED) is 0.173. The highest BCUT2D eigenvalue weighted by Crippen LogP contribution is 2.57. The SMILES string of the molecule is Brc1ccc(Nc2ccc(-c3ccc(C4(c5ccccc5)c5cc(-c6ccccc6)ccc5-c5ccc(-c6ccccc6)cc54)cc3)cc2)cc1. The molecule has 0 aromatic heterocycles. The molecule has 0 fully saturated rings. The van der Waals surface area contributed by atoms with Crippen molar-refractivity contribution >= 4 is 27.3 Å². The Bertz CT molecular complexity index is 2360. The van der Waals surface area contributed by atoms with E-state index in [2.05, 4.69) is 209 Å². The van der Waals surface area contributed by atoms with Crippen molar-refractivity contribution in [3.8, 4) is 44.5 Å². The zero-order valence-corrected chi connectivity index (χ0v) is 29.5. The lowest BCUT2D eigenvalue weighted by Gasteiger charge is -2.34. The van der Waals surface area contributed by atoms with E-state index in [0.717, 1.165) is 15.8 Å². The number of hydrogen-bond donors (Lipinski definition) is 1. The normalized spacial score (nSPS) is 12.6. The van der Waals surface area contributed by atoms with Gasteiger partial charge in [-0.15, -0.1) is 0 Å². The van der Waals surface area contributed by atoms with E-state index in [0.29, 0.717) is 0 Å². The second-order valence-electron chi connectivity index (χ2n) is 13.2. The first-order chi connectivity index (χ1) is 25.2. The number of nitrogens with one attached hydrogen (secondary N) is 1. The molecule has 0 bridgehead atoms. The molecule has 0 aliphatic heterocycles. The molecule has 1 aliphatic carbocycles. The van der Waals surface area contributed by atoms with Crippen molar-refractivity contribution < 1.29 is 0 Å². The highest BCUT2D eigenvalue weighted by Gasteiger charge is 2.46. The van der Waals surface area contributed by atoms with Crippen molar-refractivity contribution in [3.63, 3.8) is 0 Å². The average Bonchev–Trinajstić information content (AvgIpc) is 3.50. The number of fused-ring (bicyclic) bond motifs is 3. The minimum Gasteiger partial charge on any atom is -0.356 e. The number of anilines is 2. The van der Waals surface area contributed by atoms with Gasteiger partial charge < -0.3 is 5.32 Å². The van der Waals surface area contributed by atoms with Crippen LogP contribution in [0.4, 0.5) is 11.4 Å². The van der Waals surface area contributed by atoms with E-state index in [1.165, 1.54) is 66.8 Å². The first-order valence-corrected chi connectivity index (χ1v) is 18.2. The Morgan fingerprint density at radius 3 is 1.20 bits per heavy atom. The van der Waals surface area contributed by atoms with Crippen molar-refractivity contribution in [1.29, 1.82) is 0 Å². The number of benzene rings is 8. The summed E-state index contributed by atoms with van der Waals surface area (Å²) in [7, 11) is 0. The van der Waals surface area contributed by atoms with Crippen LogP contribution in [0.2, 0.25) is 0 Å². The second kappa shape index (κ2) is 13.1. The van der Waals surface area contributed by atoms with Crippen LogP contribution in [0, 0.1) is 0 Å². The van der Waals surface area contributed by atoms with E-state index < -0.39 is 5.41 Å². The van der Waals surface area contributed by atoms with Gasteiger partial charge >= 0.3 is 0 Å². The van der Waals surface area contributed by atoms with Gasteiger partial charge in [0.15, 0.2) is 0 Å². The van der Waals surface area contributed by atoms with Gasteiger partial charge in [-0.3, -0.25) is 0 Å². The maximum absolute atomic E-state index is 3.52. The third kappa shape index (κ3) is 5.59. The molecule has 51 heavy (non-hydrogen) atoms. The van der Waals surface area contributed by atoms with E-state index in [9.17, 15) is 0 Å². The highest BCUT2D eigenvalue weighted by atomic mass is 79.9. The third-order valence-electron chi connectivity index (χ3n) is 10.2. The summed E-state index contributed by atoms with van der Waals surface area (Å²) in [6.45, 7) is 0. The molecule has 9 rings (SSSR count). The lowest BCUT2D eigenvalue weighted by atomic mass is 9.67. The first kappa shape index (κ1) is 31.1. The van der Waals surface area contributed by atoms with Crippen molar-refractivity contribution in [1.82, 2.24) is 0 Å². The number of rotatable bonds is 7. The molecule has 1 aliphatic rings. The van der Waals surface area contributed by atoms with E-state index in [-0.39, 0.29) is 0 Å². The van der Waals surface area contributed by atoms with Gasteiger partial charge in [0.05, 0.1) is 5.41 Å². The Labute approximate surface area is 308 Å². The standard InChI is InChI=1S/C49H34BrN/c50-42-24-28-44(29-25-42)51-43-26-18-37(19-27-43)36-16-22-41(23-17-36)49(40-14-8-3-9-15-40)47-32-38(34-10-4-1-5-11-34)20-30-45(47)46-31-21-39(33-48(46)49)35-12-6-2-7-13-35/h1-33,51H. The molecule has 0 unspecified atom stereocenters. The van der Waals surface area contributed by atoms with Gasteiger partial charge in [0.25, 0.3) is 0 Å². The van der Waals surface area contributed by atoms with Crippen LogP contribution in [0.25, 0.3) is 44.5 Å². The summed E-state index contributed by atoms with van der Waals surface area (Å²) in [6.07, 6.45) is 0. The van der Waals surface area contributed by atoms with E-state index >= 15 is 0 Å². The van der Waals surface area contributed by atoms with Crippen molar-refractivity contribution in [3.05, 3.63) is 227 Å². The smallest absolute Gasteiger partial charge is 0.0714 e. The van der Waals surface area contributed by atoms with Crippen molar-refractivity contribution in [2.45, 2.75) is 5.41 Å². The summed E-state index contributed by atoms with van der Waals surface area (Å²) in [6, 6.07) is 72.8. The van der Waals surface area contributed by atoms with E-state index in [4.69, 9.17) is 0 Å². The summed E-state index contributed by atoms with van der Waals surface area (Å²) < 4.78 is 1.07. The summed E-state index contributed by atoms with van der Waals surface area (Å²) in [4.78, 5) is 0. The Kier molecular flexibility index (Phi) is 7.95. The summed E-state index contributed by atoms with van der Waals surface area (Å²) in [5.74, 6) is 0. The van der Waals surface area contributed by atoms with Crippen LogP contribution in [0.5, 0.6) is 0 Å². The average molecular weight is 717 g/mol. The molecular formula is C49H34BrN. The summed E-state index contributed by atoms with van der Waals surface area (Å²) in [5, 5.41) is 3.51. The van der Waals surface area contributed by atoms with Crippen LogP contribution in [-0.2, 0) is 5.41 Å². The number of hydrogen-bond acceptors (Lipinski definition) is 1. The summed E-state index contributed by atoms with van der Waals surface area (Å²) >= 11 is 3.52. The van der Waals surface area contributed by atoms with Gasteiger partial charge in [0.1, 0.15) is 0 Å². The second-order valence-corrected chi connectivity index (χ2v) is 14.1. The fourth-order valence-electron chi connectivity index (χ4n) is 7.78. The van der Waals surface area contributed by atoms with Crippen molar-refractivity contribution in [2.75, 3.05) is 5.32 Å². The topological polar surface area (TPSA) is 12.0 Å². The largest absolute Gasteiger partial charge is 0.356 e. The lowest BCUT2D eigenvalue weighted by molar-refractivity contribution is 0.769. The molecule has 0 saturated heterocycles. The molecule has 242 valence electrons. The maximum Gasteiger partial charge on any atom is 0.0714 e. The van der Waals surface area contributed by atoms with Crippen molar-refractivity contribution in [2.24, 2.45) is 0 Å². The van der Waals surface area contributed by atoms with Gasteiger partial charge in [0, 0.05) is 15.8 Å². The highest BCUT2D eigenvalue weighted by molar-refractivity contribution is 9.10. The molecule has 8 aromatic carbocycles. The predicted octanol–water partition coefficient (Wildman–Crippen LogP) is 13.6. The van der Waals surface area contributed by atoms with Crippen LogP contribution in [-0.4, -0.2) is 0 Å². The van der Waals surface area contributed by atoms with Gasteiger partial charge in [-0.25, -0.2) is 0 Å². The van der Waals surface area contributed by atoms with Gasteiger partial charge in [-0.2, -0.15) is 0 Å². The molecule has 0 amide bonds. The van der Waals surface area contributed by atoms with Crippen LogP contribution in [0.3, 0.4) is 0 Å². The van der Waals surface area contributed by atoms with Gasteiger partial charge in [-0.05, 0) is 115 Å². The van der Waals surface area contributed by atoms with E-state index in [1.807, 2.05) is 12.1 Å². The zero-order valence-electron chi connectivity index (χ0n) is 27.9. The van der Waals surface area contributed by atoms with E-state index in [1.54, 1.807) is 0 Å². The molecule has 1 N–H and O–H groups in total. The monoisotopic (exact) mass is 715 g/mol. The predicted molar refractivity (Wildman–Crippen MR) is 217 cm³/mol. The minimum atomic E-state index is -0.515. The molecule has 0 saturated carbocycles. The molecule has 1 nitrogen and oxygen atoms in total. The Hall–Kier alpha value is -5.96. The Morgan fingerprint density at radius 1 is 0.333 bits per heavy atom. The van der Waals surface area contributed by atoms with Crippen LogP contribution in [0.1, 0.15) is 22.3 Å². The third-order valence-corrected chi connectivity index (χ3v) is 10.8. The molecule has 0 radical (unpaired) electrons. The fourth-order valence-corrected chi connectivity index (χ4v) is 8.04. The van der Waals surface area contributed by atoms with Crippen LogP contribution < -0.4 is 5.32 Å². The zero-order chi connectivity index (χ0) is 34.2. The molecule has 0 spiro atoms.